The van der Waals surface area contributed by atoms with Crippen LogP contribution >= 0.6 is 0 Å². The lowest BCUT2D eigenvalue weighted by molar-refractivity contribution is 0.614. The lowest BCUT2D eigenvalue weighted by Gasteiger charge is -2.14. The molecule has 0 heterocycles. The quantitative estimate of drug-likeness (QED) is 0.331. The Morgan fingerprint density at radius 3 is 2.89 bits per heavy atom. The second kappa shape index (κ2) is 6.76. The van der Waals surface area contributed by atoms with Crippen LogP contribution in [0.5, 0.6) is 0 Å². The molecule has 1 aromatic rings. The number of nitriles is 1. The van der Waals surface area contributed by atoms with E-state index in [0.29, 0.717) is 24.1 Å². The van der Waals surface area contributed by atoms with E-state index >= 15 is 0 Å². The zero-order valence-electron chi connectivity index (χ0n) is 10.9. The Labute approximate surface area is 113 Å². The van der Waals surface area contributed by atoms with Crippen LogP contribution in [0.15, 0.2) is 29.3 Å². The van der Waals surface area contributed by atoms with Crippen LogP contribution in [0.1, 0.15) is 36.8 Å². The summed E-state index contributed by atoms with van der Waals surface area (Å²) in [6, 6.07) is 10.0. The van der Waals surface area contributed by atoms with E-state index in [1.165, 1.54) is 25.7 Å². The molecule has 0 amide bonds. The Morgan fingerprint density at radius 2 is 2.21 bits per heavy atom. The van der Waals surface area contributed by atoms with Crippen molar-refractivity contribution in [3.8, 4) is 6.07 Å². The van der Waals surface area contributed by atoms with Crippen molar-refractivity contribution in [3.05, 3.63) is 35.4 Å². The minimum atomic E-state index is 0.472. The summed E-state index contributed by atoms with van der Waals surface area (Å²) in [7, 11) is 0. The molecular formula is C14H19N5. The summed E-state index contributed by atoms with van der Waals surface area (Å²) in [4.78, 5) is 4.41. The topological polar surface area (TPSA) is 86.2 Å². The molecule has 4 N–H and O–H groups in total. The standard InChI is InChI=1S/C14H19N5/c15-9-11-4-3-5-12(8-11)10-17-14(19-16)18-13-6-1-2-7-13/h3-5,8,13H,1-2,6-7,10,16H2,(H2,17,18,19). The van der Waals surface area contributed by atoms with Crippen LogP contribution in [0.4, 0.5) is 0 Å². The molecule has 1 fully saturated rings. The lowest BCUT2D eigenvalue weighted by Crippen LogP contribution is -2.45. The Hall–Kier alpha value is -2.06. The number of nitrogens with zero attached hydrogens (tertiary/aromatic N) is 2. The molecule has 0 aliphatic heterocycles. The highest BCUT2D eigenvalue weighted by Gasteiger charge is 2.15. The number of nitrogens with two attached hydrogens (primary N) is 1. The van der Waals surface area contributed by atoms with Gasteiger partial charge in [0.1, 0.15) is 0 Å². The van der Waals surface area contributed by atoms with Gasteiger partial charge in [0.2, 0.25) is 5.96 Å². The van der Waals surface area contributed by atoms with Crippen molar-refractivity contribution in [2.75, 3.05) is 0 Å². The first kappa shape index (κ1) is 13.4. The van der Waals surface area contributed by atoms with E-state index in [1.807, 2.05) is 18.2 Å². The normalized spacial score (nSPS) is 16.1. The second-order valence-electron chi connectivity index (χ2n) is 4.75. The van der Waals surface area contributed by atoms with Crippen LogP contribution in [0.3, 0.4) is 0 Å². The molecule has 0 spiro atoms. The van der Waals surface area contributed by atoms with E-state index in [0.717, 1.165) is 5.56 Å². The van der Waals surface area contributed by atoms with Crippen molar-refractivity contribution in [3.63, 3.8) is 0 Å². The van der Waals surface area contributed by atoms with E-state index in [2.05, 4.69) is 21.8 Å². The Bertz CT molecular complexity index is 483. The monoisotopic (exact) mass is 257 g/mol. The second-order valence-corrected chi connectivity index (χ2v) is 4.75. The van der Waals surface area contributed by atoms with Crippen LogP contribution in [0, 0.1) is 11.3 Å². The van der Waals surface area contributed by atoms with Gasteiger partial charge in [-0.25, -0.2) is 10.8 Å². The van der Waals surface area contributed by atoms with Crippen molar-refractivity contribution in [2.45, 2.75) is 38.3 Å². The summed E-state index contributed by atoms with van der Waals surface area (Å²) in [6.07, 6.45) is 4.87. The van der Waals surface area contributed by atoms with E-state index < -0.39 is 0 Å². The fourth-order valence-electron chi connectivity index (χ4n) is 2.31. The third kappa shape index (κ3) is 3.97. The number of rotatable bonds is 3. The number of guanidine groups is 1. The Balaban J connectivity index is 1.96. The molecule has 0 atom stereocenters. The van der Waals surface area contributed by atoms with Gasteiger partial charge >= 0.3 is 0 Å². The zero-order valence-corrected chi connectivity index (χ0v) is 10.9. The van der Waals surface area contributed by atoms with Crippen molar-refractivity contribution in [2.24, 2.45) is 10.8 Å². The Kier molecular flexibility index (Phi) is 4.76. The number of aliphatic imine (C=N–C) groups is 1. The van der Waals surface area contributed by atoms with Crippen LogP contribution in [-0.2, 0) is 6.54 Å². The average molecular weight is 257 g/mol. The van der Waals surface area contributed by atoms with Crippen LogP contribution in [0.25, 0.3) is 0 Å². The molecule has 1 aliphatic carbocycles. The average Bonchev–Trinajstić information content (AvgIpc) is 2.96. The summed E-state index contributed by atoms with van der Waals surface area (Å²) in [6.45, 7) is 0.509. The minimum Gasteiger partial charge on any atom is -0.353 e. The van der Waals surface area contributed by atoms with Gasteiger partial charge in [0.05, 0.1) is 18.2 Å². The zero-order chi connectivity index (χ0) is 13.5. The van der Waals surface area contributed by atoms with Crippen molar-refractivity contribution < 1.29 is 0 Å². The lowest BCUT2D eigenvalue weighted by atomic mass is 10.1. The number of hydrazine groups is 1. The van der Waals surface area contributed by atoms with Gasteiger partial charge in [-0.15, -0.1) is 0 Å². The van der Waals surface area contributed by atoms with Crippen molar-refractivity contribution in [1.82, 2.24) is 10.7 Å². The number of hydrogen-bond acceptors (Lipinski definition) is 3. The first-order chi connectivity index (χ1) is 9.31. The summed E-state index contributed by atoms with van der Waals surface area (Å²) in [5.74, 6) is 6.10. The molecule has 19 heavy (non-hydrogen) atoms. The van der Waals surface area contributed by atoms with Crippen molar-refractivity contribution >= 4 is 5.96 Å². The molecule has 1 aromatic carbocycles. The smallest absolute Gasteiger partial charge is 0.206 e. The third-order valence-corrected chi connectivity index (χ3v) is 3.31. The van der Waals surface area contributed by atoms with E-state index in [9.17, 15) is 0 Å². The first-order valence-corrected chi connectivity index (χ1v) is 6.58. The predicted octanol–water partition coefficient (Wildman–Crippen LogP) is 1.41. The largest absolute Gasteiger partial charge is 0.353 e. The summed E-state index contributed by atoms with van der Waals surface area (Å²) in [5.41, 5.74) is 4.25. The van der Waals surface area contributed by atoms with Gasteiger partial charge in [-0.3, -0.25) is 5.43 Å². The highest BCUT2D eigenvalue weighted by atomic mass is 15.3. The fraction of sp³-hybridized carbons (Fsp3) is 0.429. The summed E-state index contributed by atoms with van der Waals surface area (Å²) in [5, 5.41) is 12.2. The minimum absolute atomic E-state index is 0.472. The highest BCUT2D eigenvalue weighted by Crippen LogP contribution is 2.17. The molecule has 0 aromatic heterocycles. The first-order valence-electron chi connectivity index (χ1n) is 6.58. The molecule has 0 bridgehead atoms. The van der Waals surface area contributed by atoms with Crippen LogP contribution < -0.4 is 16.6 Å². The highest BCUT2D eigenvalue weighted by molar-refractivity contribution is 5.79. The van der Waals surface area contributed by atoms with E-state index in [1.54, 1.807) is 6.07 Å². The molecule has 5 heteroatoms. The van der Waals surface area contributed by atoms with E-state index in [4.69, 9.17) is 11.1 Å². The molecule has 0 unspecified atom stereocenters. The van der Waals surface area contributed by atoms with Crippen molar-refractivity contribution in [1.29, 1.82) is 5.26 Å². The molecular weight excluding hydrogens is 238 g/mol. The molecule has 2 rings (SSSR count). The van der Waals surface area contributed by atoms with Gasteiger partial charge in [-0.05, 0) is 30.5 Å². The SMILES string of the molecule is N#Cc1cccc(CN=C(NN)NC2CCCC2)c1. The van der Waals surface area contributed by atoms with Crippen LogP contribution in [-0.4, -0.2) is 12.0 Å². The third-order valence-electron chi connectivity index (χ3n) is 3.31. The molecule has 0 saturated heterocycles. The molecule has 5 nitrogen and oxygen atoms in total. The summed E-state index contributed by atoms with van der Waals surface area (Å²) >= 11 is 0. The maximum Gasteiger partial charge on any atom is 0.206 e. The number of benzene rings is 1. The van der Waals surface area contributed by atoms with Gasteiger partial charge < -0.3 is 5.32 Å². The molecule has 100 valence electrons. The fourth-order valence-corrected chi connectivity index (χ4v) is 2.31. The maximum absolute atomic E-state index is 8.84. The van der Waals surface area contributed by atoms with Gasteiger partial charge in [0.25, 0.3) is 0 Å². The molecule has 1 saturated carbocycles. The van der Waals surface area contributed by atoms with Crippen LogP contribution in [0.2, 0.25) is 0 Å². The molecule has 1 aliphatic rings. The summed E-state index contributed by atoms with van der Waals surface area (Å²) < 4.78 is 0. The van der Waals surface area contributed by atoms with Gasteiger partial charge in [0.15, 0.2) is 0 Å². The Morgan fingerprint density at radius 1 is 1.42 bits per heavy atom. The number of nitrogens with one attached hydrogen (secondary N) is 2. The van der Waals surface area contributed by atoms with E-state index in [-0.39, 0.29) is 0 Å². The predicted molar refractivity (Wildman–Crippen MR) is 75.0 cm³/mol. The van der Waals surface area contributed by atoms with Gasteiger partial charge in [-0.1, -0.05) is 25.0 Å². The maximum atomic E-state index is 8.84. The van der Waals surface area contributed by atoms with Gasteiger partial charge in [0, 0.05) is 6.04 Å². The van der Waals surface area contributed by atoms with Gasteiger partial charge in [-0.2, -0.15) is 5.26 Å². The number of hydrogen-bond donors (Lipinski definition) is 3. The molecule has 0 radical (unpaired) electrons.